The predicted octanol–water partition coefficient (Wildman–Crippen LogP) is 2.11. The molecule has 0 saturated carbocycles. The van der Waals surface area contributed by atoms with Gasteiger partial charge in [-0.1, -0.05) is 30.3 Å². The van der Waals surface area contributed by atoms with E-state index in [0.29, 0.717) is 31.8 Å². The van der Waals surface area contributed by atoms with Crippen LogP contribution in [0, 0.1) is 13.8 Å². The van der Waals surface area contributed by atoms with Crippen LogP contribution < -0.4 is 10.9 Å². The molecule has 1 amide bonds. The van der Waals surface area contributed by atoms with E-state index in [0.717, 1.165) is 11.3 Å². The molecule has 0 spiro atoms. The highest BCUT2D eigenvalue weighted by atomic mass is 16.5. The van der Waals surface area contributed by atoms with Gasteiger partial charge < -0.3 is 19.4 Å². The summed E-state index contributed by atoms with van der Waals surface area (Å²) in [4.78, 5) is 25.3. The summed E-state index contributed by atoms with van der Waals surface area (Å²) in [5.74, 6) is -0.378. The topological polar surface area (TPSA) is 69.6 Å². The Kier molecular flexibility index (Phi) is 6.08. The van der Waals surface area contributed by atoms with E-state index < -0.39 is 0 Å². The lowest BCUT2D eigenvalue weighted by Crippen LogP contribution is -2.51. The standard InChI is InChI=1S/C21H26N2O4/c1-14-11-15(2)23(3)21(25)19(14)20(24)22-17-13-26-10-9-18(17)27-12-16-7-5-4-6-8-16/h4-8,11,17-18H,9-10,12-13H2,1-3H3,(H,22,24)/t17-,18+/m1/s1. The molecule has 1 aromatic carbocycles. The number of nitrogens with one attached hydrogen (secondary N) is 1. The van der Waals surface area contributed by atoms with E-state index in [1.807, 2.05) is 43.3 Å². The van der Waals surface area contributed by atoms with E-state index in [1.54, 1.807) is 14.0 Å². The Bertz CT molecular complexity index is 860. The van der Waals surface area contributed by atoms with Crippen molar-refractivity contribution in [2.45, 2.75) is 39.0 Å². The van der Waals surface area contributed by atoms with Gasteiger partial charge in [0.05, 0.1) is 25.4 Å². The molecule has 1 saturated heterocycles. The first-order valence-electron chi connectivity index (χ1n) is 9.18. The number of benzene rings is 1. The Morgan fingerprint density at radius 1 is 1.30 bits per heavy atom. The molecule has 1 aromatic heterocycles. The number of pyridine rings is 1. The molecule has 0 unspecified atom stereocenters. The number of amides is 1. The number of rotatable bonds is 5. The lowest BCUT2D eigenvalue weighted by molar-refractivity contribution is -0.0605. The van der Waals surface area contributed by atoms with E-state index in [1.165, 1.54) is 4.57 Å². The maximum Gasteiger partial charge on any atom is 0.263 e. The third kappa shape index (κ3) is 4.46. The first-order valence-corrected chi connectivity index (χ1v) is 9.18. The van der Waals surface area contributed by atoms with Gasteiger partial charge in [-0.05, 0) is 37.5 Å². The van der Waals surface area contributed by atoms with Crippen LogP contribution in [0.1, 0.15) is 33.6 Å². The number of hydrogen-bond acceptors (Lipinski definition) is 4. The van der Waals surface area contributed by atoms with E-state index in [-0.39, 0.29) is 29.2 Å². The number of aryl methyl sites for hydroxylation is 2. The highest BCUT2D eigenvalue weighted by Crippen LogP contribution is 2.15. The maximum absolute atomic E-state index is 12.8. The zero-order valence-corrected chi connectivity index (χ0v) is 16.0. The molecule has 1 fully saturated rings. The van der Waals surface area contributed by atoms with Crippen molar-refractivity contribution in [3.8, 4) is 0 Å². The van der Waals surface area contributed by atoms with Crippen LogP contribution in [-0.4, -0.2) is 35.8 Å². The van der Waals surface area contributed by atoms with Gasteiger partial charge in [0.25, 0.3) is 11.5 Å². The van der Waals surface area contributed by atoms with Crippen LogP contribution in [-0.2, 0) is 23.1 Å². The van der Waals surface area contributed by atoms with Crippen LogP contribution in [0.2, 0.25) is 0 Å². The Morgan fingerprint density at radius 3 is 2.78 bits per heavy atom. The molecule has 3 rings (SSSR count). The van der Waals surface area contributed by atoms with Crippen molar-refractivity contribution in [1.29, 1.82) is 0 Å². The molecule has 0 radical (unpaired) electrons. The van der Waals surface area contributed by atoms with Gasteiger partial charge >= 0.3 is 0 Å². The molecule has 0 aliphatic carbocycles. The van der Waals surface area contributed by atoms with Crippen LogP contribution >= 0.6 is 0 Å². The SMILES string of the molecule is Cc1cc(C)n(C)c(=O)c1C(=O)N[C@@H]1COCC[C@@H]1OCc1ccccc1. The molecule has 144 valence electrons. The molecule has 1 aliphatic rings. The fourth-order valence-electron chi connectivity index (χ4n) is 3.33. The second-order valence-corrected chi connectivity index (χ2v) is 6.99. The zero-order chi connectivity index (χ0) is 19.4. The minimum Gasteiger partial charge on any atom is -0.379 e. The number of hydrogen-bond donors (Lipinski definition) is 1. The van der Waals surface area contributed by atoms with Gasteiger partial charge in [0, 0.05) is 19.3 Å². The molecular formula is C21H26N2O4. The molecule has 2 aromatic rings. The van der Waals surface area contributed by atoms with E-state index in [9.17, 15) is 9.59 Å². The lowest BCUT2D eigenvalue weighted by atomic mass is 10.0. The van der Waals surface area contributed by atoms with Crippen molar-refractivity contribution >= 4 is 5.91 Å². The van der Waals surface area contributed by atoms with Crippen molar-refractivity contribution in [2.75, 3.05) is 13.2 Å². The molecule has 0 bridgehead atoms. The van der Waals surface area contributed by atoms with Crippen LogP contribution in [0.5, 0.6) is 0 Å². The average molecular weight is 370 g/mol. The van der Waals surface area contributed by atoms with Crippen LogP contribution in [0.15, 0.2) is 41.2 Å². The van der Waals surface area contributed by atoms with Gasteiger partial charge in [0.1, 0.15) is 5.56 Å². The summed E-state index contributed by atoms with van der Waals surface area (Å²) in [6, 6.07) is 11.5. The monoisotopic (exact) mass is 370 g/mol. The highest BCUT2D eigenvalue weighted by Gasteiger charge is 2.29. The van der Waals surface area contributed by atoms with Crippen LogP contribution in [0.25, 0.3) is 0 Å². The van der Waals surface area contributed by atoms with Gasteiger partial charge in [-0.2, -0.15) is 0 Å². The summed E-state index contributed by atoms with van der Waals surface area (Å²) >= 11 is 0. The zero-order valence-electron chi connectivity index (χ0n) is 16.0. The number of carbonyl (C=O) groups excluding carboxylic acids is 1. The summed E-state index contributed by atoms with van der Waals surface area (Å²) in [7, 11) is 1.67. The third-order valence-corrected chi connectivity index (χ3v) is 5.01. The summed E-state index contributed by atoms with van der Waals surface area (Å²) < 4.78 is 13.1. The number of nitrogens with zero attached hydrogens (tertiary/aromatic N) is 1. The third-order valence-electron chi connectivity index (χ3n) is 5.01. The average Bonchev–Trinajstić information content (AvgIpc) is 2.66. The highest BCUT2D eigenvalue weighted by molar-refractivity contribution is 5.95. The summed E-state index contributed by atoms with van der Waals surface area (Å²) in [5, 5.41) is 2.95. The Balaban J connectivity index is 1.72. The number of carbonyl (C=O) groups is 1. The molecule has 2 heterocycles. The Labute approximate surface area is 159 Å². The van der Waals surface area contributed by atoms with Gasteiger partial charge in [-0.15, -0.1) is 0 Å². The summed E-state index contributed by atoms with van der Waals surface area (Å²) in [6.45, 7) is 5.07. The van der Waals surface area contributed by atoms with Crippen LogP contribution in [0.3, 0.4) is 0 Å². The van der Waals surface area contributed by atoms with Gasteiger partial charge in [-0.25, -0.2) is 0 Å². The first-order chi connectivity index (χ1) is 13.0. The smallest absolute Gasteiger partial charge is 0.263 e. The normalized spacial score (nSPS) is 19.7. The fraction of sp³-hybridized carbons (Fsp3) is 0.429. The molecule has 1 aliphatic heterocycles. The Morgan fingerprint density at radius 2 is 2.04 bits per heavy atom. The predicted molar refractivity (Wildman–Crippen MR) is 103 cm³/mol. The molecule has 1 N–H and O–H groups in total. The minimum atomic E-state index is -0.378. The van der Waals surface area contributed by atoms with Crippen molar-refractivity contribution in [1.82, 2.24) is 9.88 Å². The molecule has 6 heteroatoms. The summed E-state index contributed by atoms with van der Waals surface area (Å²) in [6.07, 6.45) is 0.542. The summed E-state index contributed by atoms with van der Waals surface area (Å²) in [5.41, 5.74) is 2.46. The van der Waals surface area contributed by atoms with Crippen molar-refractivity contribution in [2.24, 2.45) is 7.05 Å². The van der Waals surface area contributed by atoms with E-state index >= 15 is 0 Å². The molecule has 6 nitrogen and oxygen atoms in total. The lowest BCUT2D eigenvalue weighted by Gasteiger charge is -2.32. The number of ether oxygens (including phenoxy) is 2. The van der Waals surface area contributed by atoms with Gasteiger partial charge in [0.15, 0.2) is 0 Å². The number of aromatic nitrogens is 1. The van der Waals surface area contributed by atoms with E-state index in [2.05, 4.69) is 5.32 Å². The minimum absolute atomic E-state index is 0.155. The molecular weight excluding hydrogens is 344 g/mol. The van der Waals surface area contributed by atoms with E-state index in [4.69, 9.17) is 9.47 Å². The second kappa shape index (κ2) is 8.50. The molecule has 27 heavy (non-hydrogen) atoms. The van der Waals surface area contributed by atoms with Crippen molar-refractivity contribution in [3.63, 3.8) is 0 Å². The Hall–Kier alpha value is -2.44. The molecule has 2 atom stereocenters. The quantitative estimate of drug-likeness (QED) is 0.875. The van der Waals surface area contributed by atoms with Crippen LogP contribution in [0.4, 0.5) is 0 Å². The van der Waals surface area contributed by atoms with Crippen molar-refractivity contribution in [3.05, 3.63) is 69.1 Å². The largest absolute Gasteiger partial charge is 0.379 e. The van der Waals surface area contributed by atoms with Gasteiger partial charge in [0.2, 0.25) is 0 Å². The van der Waals surface area contributed by atoms with Gasteiger partial charge in [-0.3, -0.25) is 9.59 Å². The fourth-order valence-corrected chi connectivity index (χ4v) is 3.33. The first kappa shape index (κ1) is 19.3. The maximum atomic E-state index is 12.8. The second-order valence-electron chi connectivity index (χ2n) is 6.99. The van der Waals surface area contributed by atoms with Crippen molar-refractivity contribution < 1.29 is 14.3 Å².